The normalized spacial score (nSPS) is 14.9. The van der Waals surface area contributed by atoms with Crippen LogP contribution in [-0.2, 0) is 4.74 Å². The molecule has 2 rings (SSSR count). The van der Waals surface area contributed by atoms with Crippen LogP contribution in [0, 0.1) is 5.82 Å². The van der Waals surface area contributed by atoms with Gasteiger partial charge in [0.25, 0.3) is 0 Å². The fourth-order valence-corrected chi connectivity index (χ4v) is 3.45. The van der Waals surface area contributed by atoms with Crippen molar-refractivity contribution in [2.24, 2.45) is 0 Å². The second-order valence-corrected chi connectivity index (χ2v) is 7.24. The molecule has 1 aromatic rings. The van der Waals surface area contributed by atoms with Crippen LogP contribution < -0.4 is 5.32 Å². The average molecular weight is 397 g/mol. The zero-order valence-electron chi connectivity index (χ0n) is 16.3. The number of likely N-dealkylation sites (tertiary alicyclic amines) is 1. The molecule has 1 aliphatic heterocycles. The molecule has 0 radical (unpaired) electrons. The van der Waals surface area contributed by atoms with E-state index < -0.39 is 0 Å². The Kier molecular flexibility index (Phi) is 8.24. The predicted molar refractivity (Wildman–Crippen MR) is 109 cm³/mol. The van der Waals surface area contributed by atoms with E-state index in [9.17, 15) is 9.18 Å². The number of hydrogen-bond acceptors (Lipinski definition) is 4. The Morgan fingerprint density at radius 1 is 1.33 bits per heavy atom. The first kappa shape index (κ1) is 21.4. The topological polar surface area (TPSA) is 48.1 Å². The van der Waals surface area contributed by atoms with Crippen LogP contribution in [0.25, 0.3) is 0 Å². The number of benzene rings is 1. The van der Waals surface area contributed by atoms with Crippen molar-refractivity contribution < 1.29 is 13.9 Å². The lowest BCUT2D eigenvalue weighted by Gasteiger charge is -2.40. The SMILES string of the molecule is CCOC(=O)N1CCC(N(CCN(C)C)C(=S)Nc2cccc(F)c2)CC1. The van der Waals surface area contributed by atoms with Crippen molar-refractivity contribution in [3.05, 3.63) is 30.1 Å². The quantitative estimate of drug-likeness (QED) is 0.746. The molecule has 0 unspecified atom stereocenters. The maximum atomic E-state index is 13.5. The van der Waals surface area contributed by atoms with Gasteiger partial charge < -0.3 is 24.8 Å². The molecule has 0 saturated carbocycles. The number of piperidine rings is 1. The molecule has 1 heterocycles. The van der Waals surface area contributed by atoms with Gasteiger partial charge in [0.05, 0.1) is 6.61 Å². The van der Waals surface area contributed by atoms with Crippen molar-refractivity contribution in [1.82, 2.24) is 14.7 Å². The molecule has 1 aliphatic rings. The van der Waals surface area contributed by atoms with Crippen LogP contribution in [0.4, 0.5) is 14.9 Å². The Labute approximate surface area is 166 Å². The van der Waals surface area contributed by atoms with Crippen LogP contribution in [-0.4, -0.2) is 78.8 Å². The van der Waals surface area contributed by atoms with E-state index in [-0.39, 0.29) is 18.0 Å². The number of carbonyl (C=O) groups is 1. The zero-order valence-corrected chi connectivity index (χ0v) is 17.1. The highest BCUT2D eigenvalue weighted by atomic mass is 32.1. The molecule has 8 heteroatoms. The molecular weight excluding hydrogens is 367 g/mol. The fraction of sp³-hybridized carbons (Fsp3) is 0.579. The van der Waals surface area contributed by atoms with Gasteiger partial charge in [-0.05, 0) is 64.3 Å². The van der Waals surface area contributed by atoms with Crippen LogP contribution in [0.5, 0.6) is 0 Å². The summed E-state index contributed by atoms with van der Waals surface area (Å²) in [6, 6.07) is 6.51. The molecule has 27 heavy (non-hydrogen) atoms. The lowest BCUT2D eigenvalue weighted by atomic mass is 10.0. The second-order valence-electron chi connectivity index (χ2n) is 6.85. The van der Waals surface area contributed by atoms with Crippen molar-refractivity contribution >= 4 is 29.1 Å². The van der Waals surface area contributed by atoms with Gasteiger partial charge in [0.2, 0.25) is 0 Å². The number of carbonyl (C=O) groups excluding carboxylic acids is 1. The highest BCUT2D eigenvalue weighted by Gasteiger charge is 2.28. The van der Waals surface area contributed by atoms with E-state index in [1.54, 1.807) is 17.0 Å². The highest BCUT2D eigenvalue weighted by molar-refractivity contribution is 7.80. The number of nitrogens with zero attached hydrogens (tertiary/aromatic N) is 3. The molecule has 6 nitrogen and oxygen atoms in total. The fourth-order valence-electron chi connectivity index (χ4n) is 3.09. The summed E-state index contributed by atoms with van der Waals surface area (Å²) in [6.45, 7) is 5.09. The van der Waals surface area contributed by atoms with Gasteiger partial charge in [-0.15, -0.1) is 0 Å². The lowest BCUT2D eigenvalue weighted by molar-refractivity contribution is 0.0867. The second kappa shape index (κ2) is 10.4. The van der Waals surface area contributed by atoms with Gasteiger partial charge in [-0.3, -0.25) is 0 Å². The Morgan fingerprint density at radius 2 is 2.04 bits per heavy atom. The maximum absolute atomic E-state index is 13.5. The summed E-state index contributed by atoms with van der Waals surface area (Å²) in [7, 11) is 4.04. The average Bonchev–Trinajstić information content (AvgIpc) is 2.62. The molecule has 0 bridgehead atoms. The van der Waals surface area contributed by atoms with Crippen molar-refractivity contribution in [2.75, 3.05) is 52.2 Å². The van der Waals surface area contributed by atoms with E-state index in [0.717, 1.165) is 25.9 Å². The van der Waals surface area contributed by atoms with Gasteiger partial charge in [0, 0.05) is 37.9 Å². The van der Waals surface area contributed by atoms with E-state index in [0.29, 0.717) is 30.5 Å². The van der Waals surface area contributed by atoms with E-state index in [2.05, 4.69) is 15.1 Å². The van der Waals surface area contributed by atoms with Crippen molar-refractivity contribution in [3.8, 4) is 0 Å². The van der Waals surface area contributed by atoms with E-state index in [1.807, 2.05) is 21.0 Å². The Hall–Kier alpha value is -1.93. The molecule has 0 aliphatic carbocycles. The first-order valence-electron chi connectivity index (χ1n) is 9.30. The molecule has 0 spiro atoms. The molecule has 1 aromatic carbocycles. The maximum Gasteiger partial charge on any atom is 0.409 e. The zero-order chi connectivity index (χ0) is 19.8. The smallest absolute Gasteiger partial charge is 0.409 e. The minimum absolute atomic E-state index is 0.226. The summed E-state index contributed by atoms with van der Waals surface area (Å²) < 4.78 is 18.5. The van der Waals surface area contributed by atoms with Crippen LogP contribution in [0.15, 0.2) is 24.3 Å². The molecule has 150 valence electrons. The predicted octanol–water partition coefficient (Wildman–Crippen LogP) is 3.01. The van der Waals surface area contributed by atoms with E-state index in [4.69, 9.17) is 17.0 Å². The van der Waals surface area contributed by atoms with Crippen LogP contribution >= 0.6 is 12.2 Å². The minimum atomic E-state index is -0.301. The summed E-state index contributed by atoms with van der Waals surface area (Å²) in [5.41, 5.74) is 0.638. The number of thiocarbonyl (C=S) groups is 1. The number of halogens is 1. The molecule has 0 aromatic heterocycles. The number of anilines is 1. The third-order valence-corrected chi connectivity index (χ3v) is 4.89. The van der Waals surface area contributed by atoms with Gasteiger partial charge in [-0.1, -0.05) is 6.07 Å². The molecular formula is C19H29FN4O2S. The molecule has 1 fully saturated rings. The summed E-state index contributed by atoms with van der Waals surface area (Å²) in [4.78, 5) is 17.9. The van der Waals surface area contributed by atoms with Crippen molar-refractivity contribution in [1.29, 1.82) is 0 Å². The largest absolute Gasteiger partial charge is 0.450 e. The highest BCUT2D eigenvalue weighted by Crippen LogP contribution is 2.19. The molecule has 1 saturated heterocycles. The minimum Gasteiger partial charge on any atom is -0.450 e. The summed E-state index contributed by atoms with van der Waals surface area (Å²) in [5, 5.41) is 3.73. The summed E-state index contributed by atoms with van der Waals surface area (Å²) >= 11 is 5.62. The Balaban J connectivity index is 2.01. The van der Waals surface area contributed by atoms with Crippen molar-refractivity contribution in [3.63, 3.8) is 0 Å². The van der Waals surface area contributed by atoms with E-state index in [1.165, 1.54) is 12.1 Å². The van der Waals surface area contributed by atoms with Gasteiger partial charge in [-0.2, -0.15) is 0 Å². The van der Waals surface area contributed by atoms with Crippen LogP contribution in [0.1, 0.15) is 19.8 Å². The monoisotopic (exact) mass is 396 g/mol. The molecule has 1 N–H and O–H groups in total. The standard InChI is InChI=1S/C19H29FN4O2S/c1-4-26-19(25)23-10-8-17(9-11-23)24(13-12-22(2)3)18(27)21-16-7-5-6-15(20)14-16/h5-7,14,17H,4,8-13H2,1-3H3,(H,21,27). The number of amides is 1. The van der Waals surface area contributed by atoms with E-state index >= 15 is 0 Å². The number of likely N-dealkylation sites (N-methyl/N-ethyl adjacent to an activating group) is 1. The summed E-state index contributed by atoms with van der Waals surface area (Å²) in [6.07, 6.45) is 1.38. The Morgan fingerprint density at radius 3 is 2.63 bits per heavy atom. The van der Waals surface area contributed by atoms with Gasteiger partial charge in [0.15, 0.2) is 5.11 Å². The van der Waals surface area contributed by atoms with Gasteiger partial charge in [-0.25, -0.2) is 9.18 Å². The molecule has 0 atom stereocenters. The Bertz CT molecular complexity index is 636. The number of ether oxygens (including phenoxy) is 1. The molecule has 1 amide bonds. The van der Waals surface area contributed by atoms with Crippen molar-refractivity contribution in [2.45, 2.75) is 25.8 Å². The third kappa shape index (κ3) is 6.62. The van der Waals surface area contributed by atoms with Crippen LogP contribution in [0.2, 0.25) is 0 Å². The first-order valence-corrected chi connectivity index (χ1v) is 9.71. The van der Waals surface area contributed by atoms with Crippen LogP contribution in [0.3, 0.4) is 0 Å². The number of nitrogens with one attached hydrogen (secondary N) is 1. The number of hydrogen-bond donors (Lipinski definition) is 1. The van der Waals surface area contributed by atoms with Gasteiger partial charge in [0.1, 0.15) is 5.82 Å². The lowest BCUT2D eigenvalue weighted by Crippen LogP contribution is -2.51. The number of rotatable bonds is 6. The van der Waals surface area contributed by atoms with Gasteiger partial charge >= 0.3 is 6.09 Å². The summed E-state index contributed by atoms with van der Waals surface area (Å²) in [5.74, 6) is -0.301. The third-order valence-electron chi connectivity index (χ3n) is 4.56. The first-order chi connectivity index (χ1) is 12.9.